The normalized spacial score (nSPS) is 18.4. The topological polar surface area (TPSA) is 60.9 Å². The van der Waals surface area contributed by atoms with Crippen LogP contribution in [-0.4, -0.2) is 52.8 Å². The third-order valence-electron chi connectivity index (χ3n) is 5.37. The fourth-order valence-electron chi connectivity index (χ4n) is 3.69. The first-order chi connectivity index (χ1) is 14.4. The minimum atomic E-state index is -0.713. The monoisotopic (exact) mass is 446 g/mol. The van der Waals surface area contributed by atoms with Gasteiger partial charge >= 0.3 is 0 Å². The summed E-state index contributed by atoms with van der Waals surface area (Å²) in [6.07, 6.45) is 0. The van der Waals surface area contributed by atoms with Crippen molar-refractivity contribution >= 4 is 40.7 Å². The quantitative estimate of drug-likeness (QED) is 0.378. The van der Waals surface area contributed by atoms with Gasteiger partial charge in [0.15, 0.2) is 0 Å². The molecule has 1 heterocycles. The second-order valence-electron chi connectivity index (χ2n) is 7.08. The second-order valence-corrected chi connectivity index (χ2v) is 7.95. The standard InChI is InChI=1S/C23H24Cl2N2O3/c1-3-26(4-2)12-13-27-20(16-6-5-7-18(25)14-16)19(22(29)23(27)30)21(28)15-8-10-17(24)11-9-15/h5-11,14,20,28H,3-4,12-13H2,1-2H3/t20-/m0/s1. The molecule has 0 radical (unpaired) electrons. The minimum Gasteiger partial charge on any atom is -0.507 e. The number of hydrogen-bond donors (Lipinski definition) is 1. The Labute approximate surface area is 186 Å². The molecule has 3 rings (SSSR count). The van der Waals surface area contributed by atoms with E-state index in [0.29, 0.717) is 34.3 Å². The minimum absolute atomic E-state index is 0.0594. The van der Waals surface area contributed by atoms with Gasteiger partial charge in [0, 0.05) is 28.7 Å². The number of carbonyl (C=O) groups is 2. The molecule has 0 spiro atoms. The number of hydrogen-bond acceptors (Lipinski definition) is 4. The highest BCUT2D eigenvalue weighted by molar-refractivity contribution is 6.46. The molecule has 1 atom stereocenters. The molecule has 1 aliphatic rings. The number of halogens is 2. The van der Waals surface area contributed by atoms with Gasteiger partial charge in [0.05, 0.1) is 11.6 Å². The van der Waals surface area contributed by atoms with Gasteiger partial charge in [-0.3, -0.25) is 9.59 Å². The van der Waals surface area contributed by atoms with Crippen LogP contribution in [0.25, 0.3) is 5.76 Å². The molecule has 0 unspecified atom stereocenters. The van der Waals surface area contributed by atoms with E-state index < -0.39 is 17.7 Å². The fraction of sp³-hybridized carbons (Fsp3) is 0.304. The number of benzene rings is 2. The van der Waals surface area contributed by atoms with E-state index >= 15 is 0 Å². The van der Waals surface area contributed by atoms with Gasteiger partial charge in [-0.15, -0.1) is 0 Å². The molecule has 1 fully saturated rings. The van der Waals surface area contributed by atoms with Gasteiger partial charge in [0.25, 0.3) is 11.7 Å². The predicted molar refractivity (Wildman–Crippen MR) is 120 cm³/mol. The average Bonchev–Trinajstić information content (AvgIpc) is 2.99. The highest BCUT2D eigenvalue weighted by Crippen LogP contribution is 2.39. The number of ketones is 1. The van der Waals surface area contributed by atoms with E-state index in [4.69, 9.17) is 23.2 Å². The SMILES string of the molecule is CCN(CC)CCN1C(=O)C(=O)C(=C(O)c2ccc(Cl)cc2)[C@@H]1c1cccc(Cl)c1. The van der Waals surface area contributed by atoms with Crippen molar-refractivity contribution in [3.8, 4) is 0 Å². The molecule has 0 bridgehead atoms. The van der Waals surface area contributed by atoms with Crippen LogP contribution in [0.1, 0.15) is 31.0 Å². The number of aliphatic hydroxyl groups is 1. The van der Waals surface area contributed by atoms with E-state index in [1.165, 1.54) is 4.90 Å². The van der Waals surface area contributed by atoms with Gasteiger partial charge in [0.2, 0.25) is 0 Å². The molecule has 30 heavy (non-hydrogen) atoms. The summed E-state index contributed by atoms with van der Waals surface area (Å²) in [5, 5.41) is 12.0. The zero-order valence-corrected chi connectivity index (χ0v) is 18.5. The lowest BCUT2D eigenvalue weighted by molar-refractivity contribution is -0.140. The van der Waals surface area contributed by atoms with E-state index in [9.17, 15) is 14.7 Å². The Bertz CT molecular complexity index is 969. The van der Waals surface area contributed by atoms with Gasteiger partial charge in [0.1, 0.15) is 5.76 Å². The molecule has 0 aromatic heterocycles. The molecule has 1 N–H and O–H groups in total. The van der Waals surface area contributed by atoms with Crippen molar-refractivity contribution in [1.29, 1.82) is 0 Å². The van der Waals surface area contributed by atoms with Crippen LogP contribution in [0.4, 0.5) is 0 Å². The Morgan fingerprint density at radius 1 is 1.03 bits per heavy atom. The van der Waals surface area contributed by atoms with E-state index in [1.807, 2.05) is 19.9 Å². The highest BCUT2D eigenvalue weighted by atomic mass is 35.5. The third kappa shape index (κ3) is 4.53. The van der Waals surface area contributed by atoms with Crippen LogP contribution in [0.5, 0.6) is 0 Å². The number of rotatable bonds is 7. The van der Waals surface area contributed by atoms with Crippen LogP contribution in [0.15, 0.2) is 54.1 Å². The van der Waals surface area contributed by atoms with Crippen molar-refractivity contribution < 1.29 is 14.7 Å². The van der Waals surface area contributed by atoms with Crippen LogP contribution in [-0.2, 0) is 9.59 Å². The Kier molecular flexibility index (Phi) is 7.19. The number of carbonyl (C=O) groups excluding carboxylic acids is 2. The van der Waals surface area contributed by atoms with Crippen LogP contribution in [0.3, 0.4) is 0 Å². The molecular formula is C23H24Cl2N2O3. The summed E-state index contributed by atoms with van der Waals surface area (Å²) < 4.78 is 0. The molecule has 0 saturated carbocycles. The molecule has 1 amide bonds. The maximum absolute atomic E-state index is 13.0. The van der Waals surface area contributed by atoms with Crippen molar-refractivity contribution in [2.24, 2.45) is 0 Å². The van der Waals surface area contributed by atoms with Gasteiger partial charge in [-0.25, -0.2) is 0 Å². The summed E-state index contributed by atoms with van der Waals surface area (Å²) in [4.78, 5) is 29.6. The summed E-state index contributed by atoms with van der Waals surface area (Å²) in [7, 11) is 0. The Balaban J connectivity index is 2.09. The van der Waals surface area contributed by atoms with Crippen molar-refractivity contribution in [3.63, 3.8) is 0 Å². The summed E-state index contributed by atoms with van der Waals surface area (Å²) in [5.74, 6) is -1.55. The second kappa shape index (κ2) is 9.65. The lowest BCUT2D eigenvalue weighted by atomic mass is 9.95. The van der Waals surface area contributed by atoms with Crippen molar-refractivity contribution in [1.82, 2.24) is 9.80 Å². The summed E-state index contributed by atoms with van der Waals surface area (Å²) in [6, 6.07) is 12.8. The predicted octanol–water partition coefficient (Wildman–Crippen LogP) is 4.76. The highest BCUT2D eigenvalue weighted by Gasteiger charge is 2.46. The van der Waals surface area contributed by atoms with Crippen LogP contribution in [0.2, 0.25) is 10.0 Å². The number of aliphatic hydroxyl groups excluding tert-OH is 1. The molecule has 5 nitrogen and oxygen atoms in total. The number of nitrogens with zero attached hydrogens (tertiary/aromatic N) is 2. The molecule has 2 aromatic carbocycles. The molecule has 0 aliphatic carbocycles. The summed E-state index contributed by atoms with van der Waals surface area (Å²) >= 11 is 12.1. The average molecular weight is 447 g/mol. The Hall–Kier alpha value is -2.34. The first-order valence-electron chi connectivity index (χ1n) is 9.89. The fourth-order valence-corrected chi connectivity index (χ4v) is 4.01. The third-order valence-corrected chi connectivity index (χ3v) is 5.86. The number of likely N-dealkylation sites (tertiary alicyclic amines) is 1. The van der Waals surface area contributed by atoms with Crippen LogP contribution >= 0.6 is 23.2 Å². The van der Waals surface area contributed by atoms with Crippen LogP contribution < -0.4 is 0 Å². The van der Waals surface area contributed by atoms with Gasteiger partial charge in [-0.1, -0.05) is 49.2 Å². The first-order valence-corrected chi connectivity index (χ1v) is 10.6. The van der Waals surface area contributed by atoms with E-state index in [2.05, 4.69) is 4.90 Å². The summed E-state index contributed by atoms with van der Waals surface area (Å²) in [5.41, 5.74) is 1.16. The van der Waals surface area contributed by atoms with Gasteiger partial charge in [-0.2, -0.15) is 0 Å². The molecule has 2 aromatic rings. The largest absolute Gasteiger partial charge is 0.507 e. The van der Waals surface area contributed by atoms with Gasteiger partial charge in [-0.05, 0) is 55.1 Å². The Morgan fingerprint density at radius 2 is 1.70 bits per heavy atom. The molecule has 1 aliphatic heterocycles. The van der Waals surface area contributed by atoms with Crippen LogP contribution in [0, 0.1) is 0 Å². The number of amides is 1. The molecular weight excluding hydrogens is 423 g/mol. The summed E-state index contributed by atoms with van der Waals surface area (Å²) in [6.45, 7) is 6.76. The lowest BCUT2D eigenvalue weighted by Gasteiger charge is -2.28. The van der Waals surface area contributed by atoms with Crippen molar-refractivity contribution in [2.45, 2.75) is 19.9 Å². The number of likely N-dealkylation sites (N-methyl/N-ethyl adjacent to an activating group) is 1. The maximum atomic E-state index is 13.0. The maximum Gasteiger partial charge on any atom is 0.295 e. The zero-order chi connectivity index (χ0) is 21.8. The Morgan fingerprint density at radius 3 is 2.30 bits per heavy atom. The van der Waals surface area contributed by atoms with Gasteiger partial charge < -0.3 is 14.9 Å². The molecule has 1 saturated heterocycles. The number of Topliss-reactive ketones (excluding diaryl/α,β-unsaturated/α-hetero) is 1. The zero-order valence-electron chi connectivity index (χ0n) is 16.9. The molecule has 158 valence electrons. The van der Waals surface area contributed by atoms with E-state index in [1.54, 1.807) is 42.5 Å². The molecule has 7 heteroatoms. The first kappa shape index (κ1) is 22.3. The van der Waals surface area contributed by atoms with E-state index in [0.717, 1.165) is 13.1 Å². The van der Waals surface area contributed by atoms with E-state index in [-0.39, 0.29) is 11.3 Å². The van der Waals surface area contributed by atoms with Crippen molar-refractivity contribution in [3.05, 3.63) is 75.3 Å². The lowest BCUT2D eigenvalue weighted by Crippen LogP contribution is -2.38. The smallest absolute Gasteiger partial charge is 0.295 e. The van der Waals surface area contributed by atoms with Crippen molar-refractivity contribution in [2.75, 3.05) is 26.2 Å².